The highest BCUT2D eigenvalue weighted by molar-refractivity contribution is 5.40. The molecule has 0 bridgehead atoms. The van der Waals surface area contributed by atoms with Gasteiger partial charge in [0.15, 0.2) is 10.8 Å². The van der Waals surface area contributed by atoms with E-state index in [1.807, 2.05) is 12.1 Å². The minimum Gasteiger partial charge on any atom is -0.196 e. The third kappa shape index (κ3) is 1.34. The van der Waals surface area contributed by atoms with Crippen molar-refractivity contribution in [2.45, 2.75) is 19.3 Å². The van der Waals surface area contributed by atoms with E-state index in [1.54, 1.807) is 18.2 Å². The van der Waals surface area contributed by atoms with Crippen LogP contribution in [-0.4, -0.2) is 0 Å². The molecule has 4 heteroatoms. The molecule has 0 aromatic carbocycles. The molecule has 0 fully saturated rings. The van der Waals surface area contributed by atoms with Gasteiger partial charge in [-0.15, -0.1) is 0 Å². The van der Waals surface area contributed by atoms with Gasteiger partial charge in [-0.1, -0.05) is 12.2 Å². The van der Waals surface area contributed by atoms with Crippen molar-refractivity contribution in [2.75, 3.05) is 0 Å². The lowest BCUT2D eigenvalue weighted by atomic mass is 9.65. The highest BCUT2D eigenvalue weighted by Crippen LogP contribution is 2.45. The highest BCUT2D eigenvalue weighted by atomic mass is 14.5. The lowest BCUT2D eigenvalue weighted by molar-refractivity contribution is 0.342. The average Bonchev–Trinajstić information content (AvgIpc) is 2.48. The number of rotatable bonds is 0. The first-order chi connectivity index (χ1) is 7.20. The van der Waals surface area contributed by atoms with E-state index in [4.69, 9.17) is 21.0 Å². The molecule has 1 aliphatic rings. The molecule has 1 aliphatic carbocycles. The van der Waals surface area contributed by atoms with Crippen molar-refractivity contribution in [3.8, 4) is 24.3 Å². The van der Waals surface area contributed by atoms with Gasteiger partial charge in [0.1, 0.15) is 0 Å². The summed E-state index contributed by atoms with van der Waals surface area (Å²) in [5, 5.41) is 36.2. The smallest absolute Gasteiger partial charge is 0.193 e. The first kappa shape index (κ1) is 10.8. The second kappa shape index (κ2) is 3.83. The number of hydrogen-bond donors (Lipinski definition) is 0. The van der Waals surface area contributed by atoms with Gasteiger partial charge in [0.25, 0.3) is 0 Å². The SMILES string of the molecule is N#CC1(C#N)C=CCCCC1(C#N)C#N. The van der Waals surface area contributed by atoms with Gasteiger partial charge in [-0.25, -0.2) is 0 Å². The van der Waals surface area contributed by atoms with E-state index in [2.05, 4.69) is 0 Å². The summed E-state index contributed by atoms with van der Waals surface area (Å²) in [5.74, 6) is 0. The quantitative estimate of drug-likeness (QED) is 0.552. The van der Waals surface area contributed by atoms with Crippen LogP contribution in [0, 0.1) is 56.2 Å². The van der Waals surface area contributed by atoms with Crippen LogP contribution < -0.4 is 0 Å². The molecule has 0 N–H and O–H groups in total. The Morgan fingerprint density at radius 3 is 2.00 bits per heavy atom. The topological polar surface area (TPSA) is 95.2 Å². The second-order valence-corrected chi connectivity index (χ2v) is 3.46. The van der Waals surface area contributed by atoms with Crippen LogP contribution in [0.3, 0.4) is 0 Å². The van der Waals surface area contributed by atoms with Crippen LogP contribution in [0.15, 0.2) is 12.2 Å². The summed E-state index contributed by atoms with van der Waals surface area (Å²) in [4.78, 5) is 0. The fourth-order valence-corrected chi connectivity index (χ4v) is 1.69. The summed E-state index contributed by atoms with van der Waals surface area (Å²) in [5.41, 5.74) is -3.17. The Labute approximate surface area is 88.3 Å². The molecule has 0 heterocycles. The molecule has 15 heavy (non-hydrogen) atoms. The molecule has 0 unspecified atom stereocenters. The molecule has 4 nitrogen and oxygen atoms in total. The largest absolute Gasteiger partial charge is 0.196 e. The molecule has 1 rings (SSSR count). The van der Waals surface area contributed by atoms with Crippen LogP contribution in [-0.2, 0) is 0 Å². The molecular formula is C11H8N4. The maximum absolute atomic E-state index is 9.06. The molecule has 0 saturated heterocycles. The van der Waals surface area contributed by atoms with E-state index >= 15 is 0 Å². The standard InChI is InChI=1S/C11H8N4/c12-6-10(7-13)4-2-1-3-5-11(10,8-14)9-15/h2,4H,1,3,5H2. The van der Waals surface area contributed by atoms with E-state index in [-0.39, 0.29) is 6.42 Å². The molecule has 0 saturated carbocycles. The summed E-state index contributed by atoms with van der Waals surface area (Å²) < 4.78 is 0. The molecule has 72 valence electrons. The zero-order chi connectivity index (χ0) is 11.4. The first-order valence-electron chi connectivity index (χ1n) is 4.53. The number of nitriles is 4. The fraction of sp³-hybridized carbons (Fsp3) is 0.455. The lowest BCUT2D eigenvalue weighted by Crippen LogP contribution is -2.36. The third-order valence-electron chi connectivity index (χ3n) is 2.70. The van der Waals surface area contributed by atoms with Gasteiger partial charge in [0, 0.05) is 0 Å². The predicted molar refractivity (Wildman–Crippen MR) is 50.3 cm³/mol. The summed E-state index contributed by atoms with van der Waals surface area (Å²) in [6, 6.07) is 7.30. The second-order valence-electron chi connectivity index (χ2n) is 3.46. The highest BCUT2D eigenvalue weighted by Gasteiger charge is 2.53. The zero-order valence-electron chi connectivity index (χ0n) is 8.06. The molecule has 0 amide bonds. The van der Waals surface area contributed by atoms with Gasteiger partial charge in [0.2, 0.25) is 0 Å². The third-order valence-corrected chi connectivity index (χ3v) is 2.70. The van der Waals surface area contributed by atoms with Crippen molar-refractivity contribution in [2.24, 2.45) is 10.8 Å². The Bertz CT molecular complexity index is 419. The van der Waals surface area contributed by atoms with Crippen molar-refractivity contribution in [3.63, 3.8) is 0 Å². The Balaban J connectivity index is 3.44. The molecule has 0 aromatic heterocycles. The van der Waals surface area contributed by atoms with E-state index in [0.29, 0.717) is 12.8 Å². The van der Waals surface area contributed by atoms with Gasteiger partial charge in [-0.3, -0.25) is 0 Å². The summed E-state index contributed by atoms with van der Waals surface area (Å²) in [6.45, 7) is 0. The normalized spacial score (nSPS) is 21.1. The minimum atomic E-state index is -1.63. The van der Waals surface area contributed by atoms with Gasteiger partial charge < -0.3 is 0 Å². The van der Waals surface area contributed by atoms with Gasteiger partial charge in [-0.2, -0.15) is 21.0 Å². The Kier molecular flexibility index (Phi) is 2.75. The zero-order valence-corrected chi connectivity index (χ0v) is 8.06. The molecule has 0 aliphatic heterocycles. The van der Waals surface area contributed by atoms with Crippen LogP contribution in [0.5, 0.6) is 0 Å². The van der Waals surface area contributed by atoms with Gasteiger partial charge >= 0.3 is 0 Å². The fourth-order valence-electron chi connectivity index (χ4n) is 1.69. The lowest BCUT2D eigenvalue weighted by Gasteiger charge is -2.26. The van der Waals surface area contributed by atoms with E-state index in [1.165, 1.54) is 6.08 Å². The number of nitrogens with zero attached hydrogens (tertiary/aromatic N) is 4. The van der Waals surface area contributed by atoms with Crippen LogP contribution in [0.25, 0.3) is 0 Å². The maximum atomic E-state index is 9.06. The predicted octanol–water partition coefficient (Wildman–Crippen LogP) is 1.79. The molecule has 0 aromatic rings. The van der Waals surface area contributed by atoms with Gasteiger partial charge in [0.05, 0.1) is 24.3 Å². The van der Waals surface area contributed by atoms with Gasteiger partial charge in [-0.05, 0) is 19.3 Å². The number of hydrogen-bond acceptors (Lipinski definition) is 4. The van der Waals surface area contributed by atoms with Crippen LogP contribution in [0.1, 0.15) is 19.3 Å². The van der Waals surface area contributed by atoms with Crippen molar-refractivity contribution in [3.05, 3.63) is 12.2 Å². The van der Waals surface area contributed by atoms with Crippen molar-refractivity contribution >= 4 is 0 Å². The molecular weight excluding hydrogens is 188 g/mol. The van der Waals surface area contributed by atoms with Crippen molar-refractivity contribution in [1.29, 1.82) is 21.0 Å². The Morgan fingerprint density at radius 1 is 0.933 bits per heavy atom. The Morgan fingerprint density at radius 2 is 1.53 bits per heavy atom. The first-order valence-corrected chi connectivity index (χ1v) is 4.53. The maximum Gasteiger partial charge on any atom is 0.193 e. The number of allylic oxidation sites excluding steroid dienone is 2. The summed E-state index contributed by atoms with van der Waals surface area (Å²) >= 11 is 0. The monoisotopic (exact) mass is 196 g/mol. The minimum absolute atomic E-state index is 0.258. The summed E-state index contributed by atoms with van der Waals surface area (Å²) in [7, 11) is 0. The van der Waals surface area contributed by atoms with E-state index in [0.717, 1.165) is 0 Å². The average molecular weight is 196 g/mol. The summed E-state index contributed by atoms with van der Waals surface area (Å²) in [6.07, 6.45) is 4.68. The Hall–Kier alpha value is -2.30. The van der Waals surface area contributed by atoms with Crippen LogP contribution >= 0.6 is 0 Å². The van der Waals surface area contributed by atoms with Crippen LogP contribution in [0.4, 0.5) is 0 Å². The van der Waals surface area contributed by atoms with Crippen molar-refractivity contribution < 1.29 is 0 Å². The van der Waals surface area contributed by atoms with E-state index < -0.39 is 10.8 Å². The molecule has 0 atom stereocenters. The molecule has 0 radical (unpaired) electrons. The van der Waals surface area contributed by atoms with Crippen LogP contribution in [0.2, 0.25) is 0 Å². The molecule has 0 spiro atoms. The van der Waals surface area contributed by atoms with Crippen molar-refractivity contribution in [1.82, 2.24) is 0 Å². The van der Waals surface area contributed by atoms with E-state index in [9.17, 15) is 0 Å².